The normalized spacial score (nSPS) is 20.9. The summed E-state index contributed by atoms with van der Waals surface area (Å²) in [5.74, 6) is -1.96. The molecular weight excluding hydrogens is 444 g/mol. The number of nitrogens with zero attached hydrogens (tertiary/aromatic N) is 4. The number of halogens is 5. The average Bonchev–Trinajstić information content (AvgIpc) is 2.67. The number of nitrogens with one attached hydrogen (secondary N) is 1. The number of aliphatic imine (C=N–C) groups is 1. The third-order valence-electron chi connectivity index (χ3n) is 4.35. The fraction of sp³-hybridized carbons (Fsp3) is 0.278. The number of pyridine rings is 2. The molecule has 2 aromatic heterocycles. The van der Waals surface area contributed by atoms with Crippen molar-refractivity contribution in [3.63, 3.8) is 0 Å². The molecule has 3 rings (SSSR count). The molecule has 3 heterocycles. The summed E-state index contributed by atoms with van der Waals surface area (Å²) in [5.41, 5.74) is 3.01. The van der Waals surface area contributed by atoms with Gasteiger partial charge in [0.2, 0.25) is 0 Å². The Morgan fingerprint density at radius 3 is 2.77 bits per heavy atom. The molecule has 1 aliphatic heterocycles. The largest absolute Gasteiger partial charge is 0.452 e. The van der Waals surface area contributed by atoms with Crippen LogP contribution in [0.1, 0.15) is 35.1 Å². The lowest BCUT2D eigenvalue weighted by Gasteiger charge is -2.35. The van der Waals surface area contributed by atoms with E-state index >= 15 is 0 Å². The van der Waals surface area contributed by atoms with Gasteiger partial charge in [-0.2, -0.15) is 18.4 Å². The number of amides is 1. The van der Waals surface area contributed by atoms with Crippen molar-refractivity contribution in [2.75, 3.05) is 5.32 Å². The summed E-state index contributed by atoms with van der Waals surface area (Å²) in [5, 5.41) is 11.0. The number of hydrogen-bond donors (Lipinski definition) is 2. The highest BCUT2D eigenvalue weighted by Crippen LogP contribution is 2.40. The molecule has 2 unspecified atom stereocenters. The molecular formula is C18H13ClF4N6O2. The summed E-state index contributed by atoms with van der Waals surface area (Å²) < 4.78 is 58.5. The SMILES string of the molecule is CC1(c2nc(NC(=O)c3ncc(C#N)cc3Cl)ccc2F)CC(C(F)(F)F)OC(N)=N1. The lowest BCUT2D eigenvalue weighted by molar-refractivity contribution is -0.208. The van der Waals surface area contributed by atoms with E-state index in [1.54, 1.807) is 0 Å². The van der Waals surface area contributed by atoms with Gasteiger partial charge in [-0.15, -0.1) is 0 Å². The molecule has 1 amide bonds. The fourth-order valence-corrected chi connectivity index (χ4v) is 3.18. The molecule has 0 saturated carbocycles. The predicted molar refractivity (Wildman–Crippen MR) is 101 cm³/mol. The Bertz CT molecular complexity index is 1120. The molecule has 3 N–H and O–H groups in total. The van der Waals surface area contributed by atoms with Gasteiger partial charge in [-0.25, -0.2) is 19.4 Å². The van der Waals surface area contributed by atoms with E-state index < -0.39 is 47.7 Å². The number of carbonyl (C=O) groups is 1. The fourth-order valence-electron chi connectivity index (χ4n) is 2.93. The minimum Gasteiger partial charge on any atom is -0.452 e. The first-order valence-corrected chi connectivity index (χ1v) is 8.93. The second kappa shape index (κ2) is 7.99. The van der Waals surface area contributed by atoms with Crippen LogP contribution in [0, 0.1) is 17.1 Å². The number of anilines is 1. The summed E-state index contributed by atoms with van der Waals surface area (Å²) in [6.07, 6.45) is -6.72. The van der Waals surface area contributed by atoms with Crippen molar-refractivity contribution in [2.24, 2.45) is 10.7 Å². The Morgan fingerprint density at radius 2 is 2.16 bits per heavy atom. The van der Waals surface area contributed by atoms with Gasteiger partial charge in [0.25, 0.3) is 11.9 Å². The first-order chi connectivity index (χ1) is 14.4. The quantitative estimate of drug-likeness (QED) is 0.682. The molecule has 2 atom stereocenters. The third-order valence-corrected chi connectivity index (χ3v) is 4.64. The summed E-state index contributed by atoms with van der Waals surface area (Å²) in [7, 11) is 0. The molecule has 13 heteroatoms. The smallest absolute Gasteiger partial charge is 0.425 e. The maximum absolute atomic E-state index is 14.5. The number of ether oxygens (including phenoxy) is 1. The molecule has 0 spiro atoms. The number of alkyl halides is 3. The van der Waals surface area contributed by atoms with Crippen molar-refractivity contribution >= 4 is 29.3 Å². The average molecular weight is 457 g/mol. The zero-order valence-electron chi connectivity index (χ0n) is 15.7. The molecule has 31 heavy (non-hydrogen) atoms. The van der Waals surface area contributed by atoms with Crippen LogP contribution >= 0.6 is 11.6 Å². The summed E-state index contributed by atoms with van der Waals surface area (Å²) >= 11 is 5.94. The van der Waals surface area contributed by atoms with Crippen LogP contribution in [0.2, 0.25) is 5.02 Å². The highest BCUT2D eigenvalue weighted by atomic mass is 35.5. The summed E-state index contributed by atoms with van der Waals surface area (Å²) in [4.78, 5) is 24.0. The van der Waals surface area contributed by atoms with Gasteiger partial charge in [0.05, 0.1) is 10.6 Å². The predicted octanol–water partition coefficient (Wildman–Crippen LogP) is 3.27. The minimum atomic E-state index is -4.76. The lowest BCUT2D eigenvalue weighted by Crippen LogP contribution is -2.46. The van der Waals surface area contributed by atoms with Crippen molar-refractivity contribution in [1.29, 1.82) is 5.26 Å². The maximum Gasteiger partial charge on any atom is 0.425 e. The van der Waals surface area contributed by atoms with E-state index in [-0.39, 0.29) is 22.1 Å². The zero-order chi connectivity index (χ0) is 23.0. The molecule has 0 bridgehead atoms. The van der Waals surface area contributed by atoms with Crippen LogP contribution in [-0.2, 0) is 10.3 Å². The molecule has 8 nitrogen and oxygen atoms in total. The molecule has 0 aromatic carbocycles. The molecule has 0 fully saturated rings. The van der Waals surface area contributed by atoms with E-state index in [1.807, 2.05) is 6.07 Å². The molecule has 162 valence electrons. The Hall–Kier alpha value is -3.46. The Morgan fingerprint density at radius 1 is 1.45 bits per heavy atom. The number of aromatic nitrogens is 2. The molecule has 2 aromatic rings. The van der Waals surface area contributed by atoms with Crippen LogP contribution in [0.15, 0.2) is 29.4 Å². The Balaban J connectivity index is 1.93. The first kappa shape index (κ1) is 22.2. The van der Waals surface area contributed by atoms with Crippen LogP contribution < -0.4 is 11.1 Å². The Kier molecular flexibility index (Phi) is 5.73. The van der Waals surface area contributed by atoms with Gasteiger partial charge in [0.15, 0.2) is 6.10 Å². The van der Waals surface area contributed by atoms with Gasteiger partial charge in [-0.3, -0.25) is 4.79 Å². The van der Waals surface area contributed by atoms with Gasteiger partial charge in [-0.1, -0.05) is 11.6 Å². The van der Waals surface area contributed by atoms with Crippen LogP contribution in [0.3, 0.4) is 0 Å². The molecule has 0 radical (unpaired) electrons. The topological polar surface area (TPSA) is 126 Å². The van der Waals surface area contributed by atoms with E-state index in [0.717, 1.165) is 18.3 Å². The standard InChI is InChI=1S/C18H13ClF4N6O2/c1-17(5-11(18(21,22)23)31-16(25)29-17)14-10(20)2-3-12(27-14)28-15(30)13-9(19)4-8(6-24)7-26-13/h2-4,7,11H,5H2,1H3,(H2,25,29)(H,27,28,30). The maximum atomic E-state index is 14.5. The second-order valence-corrected chi connectivity index (χ2v) is 7.13. The van der Waals surface area contributed by atoms with E-state index in [2.05, 4.69) is 25.0 Å². The lowest BCUT2D eigenvalue weighted by atomic mass is 9.89. The van der Waals surface area contributed by atoms with E-state index in [0.29, 0.717) is 0 Å². The minimum absolute atomic E-state index is 0.110. The van der Waals surface area contributed by atoms with Gasteiger partial charge in [-0.05, 0) is 25.1 Å². The highest BCUT2D eigenvalue weighted by molar-refractivity contribution is 6.34. The molecule has 0 aliphatic carbocycles. The first-order valence-electron chi connectivity index (χ1n) is 8.55. The second-order valence-electron chi connectivity index (χ2n) is 6.72. The van der Waals surface area contributed by atoms with E-state index in [4.69, 9.17) is 22.6 Å². The van der Waals surface area contributed by atoms with Crippen molar-refractivity contribution in [3.8, 4) is 6.07 Å². The highest BCUT2D eigenvalue weighted by Gasteiger charge is 2.50. The van der Waals surface area contributed by atoms with Crippen LogP contribution in [0.25, 0.3) is 0 Å². The third kappa shape index (κ3) is 4.66. The number of amidine groups is 1. The van der Waals surface area contributed by atoms with Crippen molar-refractivity contribution in [2.45, 2.75) is 31.2 Å². The number of nitriles is 1. The molecule has 1 aliphatic rings. The van der Waals surface area contributed by atoms with Gasteiger partial charge in [0, 0.05) is 12.6 Å². The number of carbonyl (C=O) groups excluding carboxylic acids is 1. The monoisotopic (exact) mass is 456 g/mol. The zero-order valence-corrected chi connectivity index (χ0v) is 16.4. The van der Waals surface area contributed by atoms with E-state index in [9.17, 15) is 22.4 Å². The van der Waals surface area contributed by atoms with Crippen molar-refractivity contribution in [1.82, 2.24) is 9.97 Å². The van der Waals surface area contributed by atoms with Gasteiger partial charge in [0.1, 0.15) is 34.6 Å². The molecule has 0 saturated heterocycles. The number of nitrogens with two attached hydrogens (primary N) is 1. The van der Waals surface area contributed by atoms with Crippen molar-refractivity contribution in [3.05, 3.63) is 52.2 Å². The number of hydrogen-bond acceptors (Lipinski definition) is 7. The van der Waals surface area contributed by atoms with Crippen molar-refractivity contribution < 1.29 is 27.1 Å². The van der Waals surface area contributed by atoms with Crippen LogP contribution in [0.5, 0.6) is 0 Å². The summed E-state index contributed by atoms with van der Waals surface area (Å²) in [6.45, 7) is 1.22. The Labute approximate surface area is 177 Å². The number of rotatable bonds is 3. The van der Waals surface area contributed by atoms with Crippen LogP contribution in [-0.4, -0.2) is 34.2 Å². The van der Waals surface area contributed by atoms with Gasteiger partial charge < -0.3 is 15.8 Å². The van der Waals surface area contributed by atoms with E-state index in [1.165, 1.54) is 13.0 Å². The summed E-state index contributed by atoms with van der Waals surface area (Å²) in [6, 6.07) is 4.29. The van der Waals surface area contributed by atoms with Gasteiger partial charge >= 0.3 is 6.18 Å². The van der Waals surface area contributed by atoms with Crippen LogP contribution in [0.4, 0.5) is 23.4 Å².